The average Bonchev–Trinajstić information content (AvgIpc) is 3.20. The first-order valence-electron chi connectivity index (χ1n) is 9.26. The molecule has 0 radical (unpaired) electrons. The summed E-state index contributed by atoms with van der Waals surface area (Å²) in [5, 5.41) is 3.90. The van der Waals surface area contributed by atoms with Crippen LogP contribution in [0.4, 0.5) is 6.01 Å². The summed E-state index contributed by atoms with van der Waals surface area (Å²) in [6.07, 6.45) is 6.92. The van der Waals surface area contributed by atoms with Gasteiger partial charge in [-0.05, 0) is 30.9 Å². The van der Waals surface area contributed by atoms with Gasteiger partial charge in [0.05, 0.1) is 12.0 Å². The number of anilines is 1. The van der Waals surface area contributed by atoms with Crippen LogP contribution >= 0.6 is 0 Å². The van der Waals surface area contributed by atoms with Crippen LogP contribution in [0.3, 0.4) is 0 Å². The zero-order valence-electron chi connectivity index (χ0n) is 15.7. The minimum absolute atomic E-state index is 0.0441. The van der Waals surface area contributed by atoms with Crippen molar-refractivity contribution in [2.45, 2.75) is 26.0 Å². The fourth-order valence-electron chi connectivity index (χ4n) is 3.38. The van der Waals surface area contributed by atoms with E-state index < -0.39 is 0 Å². The Morgan fingerprint density at radius 2 is 2.18 bits per heavy atom. The van der Waals surface area contributed by atoms with Crippen molar-refractivity contribution in [3.8, 4) is 11.3 Å². The molecule has 4 rings (SSSR count). The zero-order valence-corrected chi connectivity index (χ0v) is 15.7. The van der Waals surface area contributed by atoms with Gasteiger partial charge in [0.25, 0.3) is 5.56 Å². The van der Waals surface area contributed by atoms with Gasteiger partial charge in [0.15, 0.2) is 5.82 Å². The van der Waals surface area contributed by atoms with E-state index in [9.17, 15) is 4.79 Å². The smallest absolute Gasteiger partial charge is 0.324 e. The summed E-state index contributed by atoms with van der Waals surface area (Å²) in [7, 11) is 1.60. The Kier molecular flexibility index (Phi) is 5.43. The van der Waals surface area contributed by atoms with Crippen LogP contribution in [0.15, 0.2) is 46.2 Å². The number of piperidine rings is 1. The van der Waals surface area contributed by atoms with Crippen LogP contribution < -0.4 is 10.5 Å². The van der Waals surface area contributed by atoms with Gasteiger partial charge in [-0.3, -0.25) is 14.3 Å². The van der Waals surface area contributed by atoms with Crippen molar-refractivity contribution in [1.29, 1.82) is 0 Å². The molecule has 1 saturated heterocycles. The fraction of sp³-hybridized carbons (Fsp3) is 0.421. The number of rotatable bonds is 6. The third-order valence-corrected chi connectivity index (χ3v) is 4.91. The van der Waals surface area contributed by atoms with Crippen molar-refractivity contribution >= 4 is 6.01 Å². The monoisotopic (exact) mass is 382 g/mol. The lowest BCUT2D eigenvalue weighted by molar-refractivity contribution is 0.174. The first-order valence-corrected chi connectivity index (χ1v) is 9.26. The Bertz CT molecular complexity index is 963. The van der Waals surface area contributed by atoms with Gasteiger partial charge in [0.1, 0.15) is 6.61 Å². The molecule has 3 aromatic heterocycles. The summed E-state index contributed by atoms with van der Waals surface area (Å²) in [5.41, 5.74) is 1.44. The number of hydrogen-bond acceptors (Lipinski definition) is 8. The van der Waals surface area contributed by atoms with Crippen molar-refractivity contribution in [3.05, 3.63) is 53.1 Å². The predicted octanol–water partition coefficient (Wildman–Crippen LogP) is 1.75. The van der Waals surface area contributed by atoms with E-state index >= 15 is 0 Å². The van der Waals surface area contributed by atoms with E-state index in [1.807, 2.05) is 12.1 Å². The van der Waals surface area contributed by atoms with Gasteiger partial charge in [-0.2, -0.15) is 4.98 Å². The van der Waals surface area contributed by atoms with Crippen molar-refractivity contribution < 1.29 is 9.26 Å². The highest BCUT2D eigenvalue weighted by Crippen LogP contribution is 2.23. The molecule has 0 aliphatic carbocycles. The van der Waals surface area contributed by atoms with Crippen LogP contribution in [0.25, 0.3) is 11.3 Å². The summed E-state index contributed by atoms with van der Waals surface area (Å²) >= 11 is 0. The second-order valence-electron chi connectivity index (χ2n) is 6.86. The number of nitrogens with zero attached hydrogens (tertiary/aromatic N) is 6. The lowest BCUT2D eigenvalue weighted by Crippen LogP contribution is -2.36. The zero-order chi connectivity index (χ0) is 19.3. The number of ether oxygens (including phenoxy) is 1. The Balaban J connectivity index is 1.36. The average molecular weight is 382 g/mol. The van der Waals surface area contributed by atoms with Gasteiger partial charge in [-0.15, -0.1) is 0 Å². The van der Waals surface area contributed by atoms with E-state index in [2.05, 4.69) is 25.0 Å². The minimum atomic E-state index is -0.0441. The van der Waals surface area contributed by atoms with Crippen LogP contribution in [0.5, 0.6) is 0 Å². The maximum absolute atomic E-state index is 12.5. The molecule has 28 heavy (non-hydrogen) atoms. The Labute approximate surface area is 162 Å². The number of methoxy groups -OCH3 is 1. The lowest BCUT2D eigenvalue weighted by atomic mass is 9.97. The largest absolute Gasteiger partial charge is 0.377 e. The van der Waals surface area contributed by atoms with Crippen LogP contribution in [-0.4, -0.2) is 44.9 Å². The van der Waals surface area contributed by atoms with Crippen molar-refractivity contribution in [2.24, 2.45) is 5.92 Å². The van der Waals surface area contributed by atoms with E-state index in [1.165, 1.54) is 0 Å². The molecule has 146 valence electrons. The summed E-state index contributed by atoms with van der Waals surface area (Å²) in [5.74, 6) is 0.951. The number of aromatic nitrogens is 5. The van der Waals surface area contributed by atoms with Crippen LogP contribution in [0.1, 0.15) is 18.7 Å². The van der Waals surface area contributed by atoms with E-state index in [-0.39, 0.29) is 5.56 Å². The van der Waals surface area contributed by atoms with Crippen LogP contribution in [0.2, 0.25) is 0 Å². The first-order chi connectivity index (χ1) is 13.7. The Morgan fingerprint density at radius 3 is 2.89 bits per heavy atom. The molecule has 1 fully saturated rings. The molecule has 0 N–H and O–H groups in total. The van der Waals surface area contributed by atoms with Gasteiger partial charge in [0.2, 0.25) is 0 Å². The van der Waals surface area contributed by atoms with E-state index in [0.29, 0.717) is 36.6 Å². The minimum Gasteiger partial charge on any atom is -0.377 e. The summed E-state index contributed by atoms with van der Waals surface area (Å²) < 4.78 is 12.0. The number of hydrogen-bond donors (Lipinski definition) is 0. The molecule has 0 bridgehead atoms. The summed E-state index contributed by atoms with van der Waals surface area (Å²) in [6, 6.07) is 5.83. The molecule has 0 unspecified atom stereocenters. The molecule has 4 heterocycles. The molecular weight excluding hydrogens is 360 g/mol. The Hall–Kier alpha value is -3.07. The van der Waals surface area contributed by atoms with E-state index in [4.69, 9.17) is 9.26 Å². The Morgan fingerprint density at radius 1 is 1.32 bits per heavy atom. The standard InChI is InChI=1S/C19H22N6O3/c1-27-12-17-22-19(28-23-17)24-7-4-14(5-8-24)11-25-13-21-16(9-18(25)26)15-3-2-6-20-10-15/h2-3,6,9-10,13-14H,4-5,7-8,11-12H2,1H3. The molecule has 0 saturated carbocycles. The molecule has 3 aromatic rings. The van der Waals surface area contributed by atoms with Gasteiger partial charge < -0.3 is 14.2 Å². The SMILES string of the molecule is COCc1noc(N2CCC(Cn3cnc(-c4cccnc4)cc3=O)CC2)n1. The van der Waals surface area contributed by atoms with E-state index in [1.54, 1.807) is 36.5 Å². The molecule has 0 aromatic carbocycles. The molecule has 0 atom stereocenters. The second-order valence-corrected chi connectivity index (χ2v) is 6.86. The van der Waals surface area contributed by atoms with Crippen molar-refractivity contribution in [2.75, 3.05) is 25.1 Å². The molecular formula is C19H22N6O3. The lowest BCUT2D eigenvalue weighted by Gasteiger charge is -2.30. The third kappa shape index (κ3) is 4.09. The van der Waals surface area contributed by atoms with E-state index in [0.717, 1.165) is 31.5 Å². The molecule has 9 nitrogen and oxygen atoms in total. The van der Waals surface area contributed by atoms with Gasteiger partial charge >= 0.3 is 6.01 Å². The highest BCUT2D eigenvalue weighted by Gasteiger charge is 2.23. The van der Waals surface area contributed by atoms with Crippen LogP contribution in [-0.2, 0) is 17.9 Å². The molecule has 1 aliphatic heterocycles. The maximum Gasteiger partial charge on any atom is 0.324 e. The third-order valence-electron chi connectivity index (χ3n) is 4.91. The summed E-state index contributed by atoms with van der Waals surface area (Å²) in [6.45, 7) is 2.63. The van der Waals surface area contributed by atoms with Gasteiger partial charge in [-0.1, -0.05) is 5.16 Å². The molecule has 1 aliphatic rings. The molecule has 0 amide bonds. The van der Waals surface area contributed by atoms with Crippen LogP contribution in [0, 0.1) is 5.92 Å². The fourth-order valence-corrected chi connectivity index (χ4v) is 3.38. The van der Waals surface area contributed by atoms with Crippen molar-refractivity contribution in [1.82, 2.24) is 24.7 Å². The summed E-state index contributed by atoms with van der Waals surface area (Å²) in [4.78, 5) is 27.4. The van der Waals surface area contributed by atoms with Gasteiger partial charge in [0, 0.05) is 50.8 Å². The normalized spacial score (nSPS) is 15.1. The first kappa shape index (κ1) is 18.3. The topological polar surface area (TPSA) is 99.2 Å². The van der Waals surface area contributed by atoms with Crippen molar-refractivity contribution in [3.63, 3.8) is 0 Å². The maximum atomic E-state index is 12.5. The number of pyridine rings is 1. The highest BCUT2D eigenvalue weighted by atomic mass is 16.5. The molecule has 9 heteroatoms. The predicted molar refractivity (Wildman–Crippen MR) is 102 cm³/mol. The molecule has 0 spiro atoms. The quantitative estimate of drug-likeness (QED) is 0.636. The van der Waals surface area contributed by atoms with Gasteiger partial charge in [-0.25, -0.2) is 4.98 Å². The second kappa shape index (κ2) is 8.30. The highest BCUT2D eigenvalue weighted by molar-refractivity contribution is 5.56.